The number of carboxylic acid groups (broad SMARTS) is 1. The molecule has 2 amide bonds. The molecule has 1 heterocycles. The van der Waals surface area contributed by atoms with Crippen LogP contribution in [-0.2, 0) is 4.79 Å². The van der Waals surface area contributed by atoms with E-state index in [1.54, 1.807) is 12.1 Å². The number of urea groups is 1. The highest BCUT2D eigenvalue weighted by Gasteiger charge is 2.27. The largest absolute Gasteiger partial charge is 0.481 e. The van der Waals surface area contributed by atoms with E-state index in [2.05, 4.69) is 15.6 Å². The van der Waals surface area contributed by atoms with Gasteiger partial charge in [-0.3, -0.25) is 4.79 Å². The summed E-state index contributed by atoms with van der Waals surface area (Å²) in [4.78, 5) is 26.4. The smallest absolute Gasteiger partial charge is 0.319 e. The van der Waals surface area contributed by atoms with Gasteiger partial charge in [-0.25, -0.2) is 9.78 Å². The van der Waals surface area contributed by atoms with Crippen LogP contribution in [0.2, 0.25) is 0 Å². The molecule has 3 N–H and O–H groups in total. The van der Waals surface area contributed by atoms with Gasteiger partial charge in [-0.1, -0.05) is 0 Å². The molecule has 1 aromatic heterocycles. The summed E-state index contributed by atoms with van der Waals surface area (Å²) in [6.45, 7) is 3.09. The van der Waals surface area contributed by atoms with Gasteiger partial charge in [-0.05, 0) is 19.9 Å². The first kappa shape index (κ1) is 14.7. The van der Waals surface area contributed by atoms with Gasteiger partial charge >= 0.3 is 12.0 Å². The van der Waals surface area contributed by atoms with E-state index in [0.29, 0.717) is 11.6 Å². The fourth-order valence-electron chi connectivity index (χ4n) is 1.13. The van der Waals surface area contributed by atoms with E-state index >= 15 is 0 Å². The molecular weight excluding hydrogens is 250 g/mol. The SMILES string of the molecule is COc1ccc(NC(=O)NCC(C)(C)C(=O)O)cn1. The van der Waals surface area contributed by atoms with Crippen LogP contribution in [0.4, 0.5) is 10.5 Å². The molecule has 0 aliphatic heterocycles. The normalized spacial score (nSPS) is 10.7. The number of aliphatic carboxylic acids is 1. The molecule has 0 aromatic carbocycles. The minimum Gasteiger partial charge on any atom is -0.481 e. The predicted molar refractivity (Wildman–Crippen MR) is 69.2 cm³/mol. The highest BCUT2D eigenvalue weighted by Crippen LogP contribution is 2.14. The zero-order valence-electron chi connectivity index (χ0n) is 11.1. The van der Waals surface area contributed by atoms with E-state index in [0.717, 1.165) is 0 Å². The Morgan fingerprint density at radius 2 is 2.11 bits per heavy atom. The monoisotopic (exact) mass is 267 g/mol. The number of amides is 2. The molecule has 19 heavy (non-hydrogen) atoms. The van der Waals surface area contributed by atoms with Gasteiger partial charge < -0.3 is 20.5 Å². The van der Waals surface area contributed by atoms with Crippen LogP contribution in [0.15, 0.2) is 18.3 Å². The number of nitrogens with zero attached hydrogens (tertiary/aromatic N) is 1. The van der Waals surface area contributed by atoms with Gasteiger partial charge in [0.2, 0.25) is 5.88 Å². The van der Waals surface area contributed by atoms with Crippen LogP contribution in [0.25, 0.3) is 0 Å². The maximum Gasteiger partial charge on any atom is 0.319 e. The van der Waals surface area contributed by atoms with Gasteiger partial charge in [0.15, 0.2) is 0 Å². The molecular formula is C12H17N3O4. The van der Waals surface area contributed by atoms with Crippen LogP contribution in [0.1, 0.15) is 13.8 Å². The topological polar surface area (TPSA) is 101 Å². The first-order valence-electron chi connectivity index (χ1n) is 5.63. The maximum absolute atomic E-state index is 11.6. The van der Waals surface area contributed by atoms with Gasteiger partial charge in [0.1, 0.15) is 0 Å². The number of carbonyl (C=O) groups is 2. The van der Waals surface area contributed by atoms with Crippen molar-refractivity contribution in [3.8, 4) is 5.88 Å². The lowest BCUT2D eigenvalue weighted by molar-refractivity contribution is -0.146. The number of ether oxygens (including phenoxy) is 1. The second-order valence-electron chi connectivity index (χ2n) is 4.59. The highest BCUT2D eigenvalue weighted by atomic mass is 16.5. The Balaban J connectivity index is 2.49. The van der Waals surface area contributed by atoms with Crippen LogP contribution >= 0.6 is 0 Å². The molecule has 0 saturated carbocycles. The molecule has 7 nitrogen and oxygen atoms in total. The van der Waals surface area contributed by atoms with Crippen LogP contribution in [0.5, 0.6) is 5.88 Å². The number of carbonyl (C=O) groups excluding carboxylic acids is 1. The Labute approximate surface area is 111 Å². The summed E-state index contributed by atoms with van der Waals surface area (Å²) in [7, 11) is 1.50. The van der Waals surface area contributed by atoms with Crippen molar-refractivity contribution >= 4 is 17.7 Å². The Kier molecular flexibility index (Phi) is 4.68. The third-order valence-electron chi connectivity index (χ3n) is 2.47. The lowest BCUT2D eigenvalue weighted by Crippen LogP contribution is -2.40. The van der Waals surface area contributed by atoms with E-state index in [9.17, 15) is 9.59 Å². The fraction of sp³-hybridized carbons (Fsp3) is 0.417. The molecule has 0 fully saturated rings. The Bertz CT molecular complexity index is 457. The highest BCUT2D eigenvalue weighted by molar-refractivity contribution is 5.89. The minimum absolute atomic E-state index is 0.0255. The predicted octanol–water partition coefficient (Wildman–Crippen LogP) is 1.32. The van der Waals surface area contributed by atoms with Crippen molar-refractivity contribution in [2.45, 2.75) is 13.8 Å². The number of anilines is 1. The van der Waals surface area contributed by atoms with Crippen molar-refractivity contribution in [2.75, 3.05) is 19.0 Å². The summed E-state index contributed by atoms with van der Waals surface area (Å²) in [5.41, 5.74) is -0.526. The zero-order chi connectivity index (χ0) is 14.5. The summed E-state index contributed by atoms with van der Waals surface area (Å²) in [5.74, 6) is -0.531. The van der Waals surface area contributed by atoms with E-state index in [1.807, 2.05) is 0 Å². The molecule has 1 aromatic rings. The lowest BCUT2D eigenvalue weighted by atomic mass is 9.94. The Morgan fingerprint density at radius 3 is 2.58 bits per heavy atom. The number of aromatic nitrogens is 1. The maximum atomic E-state index is 11.6. The van der Waals surface area contributed by atoms with Crippen molar-refractivity contribution in [2.24, 2.45) is 5.41 Å². The van der Waals surface area contributed by atoms with E-state index in [4.69, 9.17) is 9.84 Å². The van der Waals surface area contributed by atoms with Gasteiger partial charge in [-0.15, -0.1) is 0 Å². The van der Waals surface area contributed by atoms with E-state index < -0.39 is 17.4 Å². The molecule has 7 heteroatoms. The Hall–Kier alpha value is -2.31. The first-order valence-corrected chi connectivity index (χ1v) is 5.63. The Morgan fingerprint density at radius 1 is 1.42 bits per heavy atom. The third-order valence-corrected chi connectivity index (χ3v) is 2.47. The quantitative estimate of drug-likeness (QED) is 0.747. The first-order chi connectivity index (χ1) is 8.85. The van der Waals surface area contributed by atoms with Crippen molar-refractivity contribution in [3.05, 3.63) is 18.3 Å². The number of nitrogens with one attached hydrogen (secondary N) is 2. The van der Waals surface area contributed by atoms with Crippen molar-refractivity contribution in [3.63, 3.8) is 0 Å². The summed E-state index contributed by atoms with van der Waals surface area (Å²) < 4.78 is 4.89. The summed E-state index contributed by atoms with van der Waals surface area (Å²) >= 11 is 0. The van der Waals surface area contributed by atoms with E-state index in [1.165, 1.54) is 27.2 Å². The standard InChI is InChI=1S/C12H17N3O4/c1-12(2,10(16)17)7-14-11(18)15-8-4-5-9(19-3)13-6-8/h4-6H,7H2,1-3H3,(H,16,17)(H2,14,15,18). The fourth-order valence-corrected chi connectivity index (χ4v) is 1.13. The number of rotatable bonds is 5. The average Bonchev–Trinajstić information content (AvgIpc) is 2.37. The molecule has 0 saturated heterocycles. The van der Waals surface area contributed by atoms with Crippen molar-refractivity contribution in [1.82, 2.24) is 10.3 Å². The molecule has 0 spiro atoms. The molecule has 0 atom stereocenters. The molecule has 0 bridgehead atoms. The second-order valence-corrected chi connectivity index (χ2v) is 4.59. The lowest BCUT2D eigenvalue weighted by Gasteiger charge is -2.19. The average molecular weight is 267 g/mol. The second kappa shape index (κ2) is 6.03. The number of methoxy groups -OCH3 is 1. The van der Waals surface area contributed by atoms with Gasteiger partial charge in [0, 0.05) is 12.6 Å². The molecule has 0 radical (unpaired) electrons. The van der Waals surface area contributed by atoms with Crippen LogP contribution in [-0.4, -0.2) is 35.7 Å². The number of hydrogen-bond acceptors (Lipinski definition) is 4. The van der Waals surface area contributed by atoms with Crippen molar-refractivity contribution < 1.29 is 19.4 Å². The molecule has 0 unspecified atom stereocenters. The van der Waals surface area contributed by atoms with Gasteiger partial charge in [0.05, 0.1) is 24.4 Å². The summed E-state index contributed by atoms with van der Waals surface area (Å²) in [6.07, 6.45) is 1.45. The molecule has 0 aliphatic carbocycles. The summed E-state index contributed by atoms with van der Waals surface area (Å²) in [5, 5.41) is 13.9. The van der Waals surface area contributed by atoms with Crippen LogP contribution < -0.4 is 15.4 Å². The molecule has 104 valence electrons. The minimum atomic E-state index is -1.02. The molecule has 1 rings (SSSR count). The van der Waals surface area contributed by atoms with Crippen LogP contribution in [0, 0.1) is 5.41 Å². The van der Waals surface area contributed by atoms with Crippen LogP contribution in [0.3, 0.4) is 0 Å². The van der Waals surface area contributed by atoms with Gasteiger partial charge in [0.25, 0.3) is 0 Å². The number of pyridine rings is 1. The van der Waals surface area contributed by atoms with Gasteiger partial charge in [-0.2, -0.15) is 0 Å². The third kappa shape index (κ3) is 4.46. The summed E-state index contributed by atoms with van der Waals surface area (Å²) in [6, 6.07) is 2.76. The molecule has 0 aliphatic rings. The zero-order valence-corrected chi connectivity index (χ0v) is 11.1. The van der Waals surface area contributed by atoms with E-state index in [-0.39, 0.29) is 6.54 Å². The number of hydrogen-bond donors (Lipinski definition) is 3. The van der Waals surface area contributed by atoms with Crippen molar-refractivity contribution in [1.29, 1.82) is 0 Å². The number of carboxylic acids is 1.